The second-order valence-electron chi connectivity index (χ2n) is 6.29. The number of carbonyl (C=O) groups excluding carboxylic acids is 1. The molecular formula is C20H14N6OS2. The average molecular weight is 419 g/mol. The zero-order chi connectivity index (χ0) is 19.8. The maximum absolute atomic E-state index is 12.7. The van der Waals surface area contributed by atoms with Crippen molar-refractivity contribution in [1.29, 1.82) is 0 Å². The number of fused-ring (bicyclic) bond motifs is 1. The first-order valence-electron chi connectivity index (χ1n) is 8.76. The molecule has 0 unspecified atom stereocenters. The Morgan fingerprint density at radius 2 is 2.03 bits per heavy atom. The molecule has 7 nitrogen and oxygen atoms in total. The second kappa shape index (κ2) is 7.19. The van der Waals surface area contributed by atoms with Crippen molar-refractivity contribution >= 4 is 43.9 Å². The lowest BCUT2D eigenvalue weighted by Crippen LogP contribution is -2.13. The maximum Gasteiger partial charge on any atom is 0.277 e. The van der Waals surface area contributed by atoms with E-state index in [1.807, 2.05) is 42.8 Å². The number of carbonyl (C=O) groups is 1. The van der Waals surface area contributed by atoms with Crippen molar-refractivity contribution in [3.05, 3.63) is 70.9 Å². The molecule has 1 N–H and O–H groups in total. The van der Waals surface area contributed by atoms with Gasteiger partial charge in [0.1, 0.15) is 0 Å². The molecule has 4 heterocycles. The summed E-state index contributed by atoms with van der Waals surface area (Å²) in [5, 5.41) is 9.68. The summed E-state index contributed by atoms with van der Waals surface area (Å²) in [6.07, 6.45) is 1.64. The molecule has 0 aliphatic heterocycles. The lowest BCUT2D eigenvalue weighted by molar-refractivity contribution is 0.102. The molecule has 142 valence electrons. The first kappa shape index (κ1) is 17.7. The van der Waals surface area contributed by atoms with Crippen LogP contribution in [0.4, 0.5) is 5.13 Å². The Hall–Kier alpha value is -3.43. The number of hydrogen-bond acceptors (Lipinski definition) is 7. The molecule has 0 saturated heterocycles. The van der Waals surface area contributed by atoms with Crippen molar-refractivity contribution in [3.8, 4) is 17.1 Å². The molecule has 0 spiro atoms. The van der Waals surface area contributed by atoms with Crippen LogP contribution in [0.25, 0.3) is 27.3 Å². The topological polar surface area (TPSA) is 85.6 Å². The second-order valence-corrected chi connectivity index (χ2v) is 8.07. The van der Waals surface area contributed by atoms with Gasteiger partial charge in [-0.3, -0.25) is 10.1 Å². The van der Waals surface area contributed by atoms with Crippen molar-refractivity contribution in [3.63, 3.8) is 0 Å². The number of amides is 1. The number of hydrogen-bond donors (Lipinski definition) is 1. The number of nitrogens with one attached hydrogen (secondary N) is 1. The van der Waals surface area contributed by atoms with E-state index in [0.29, 0.717) is 16.6 Å². The summed E-state index contributed by atoms with van der Waals surface area (Å²) < 4.78 is 2.77. The highest BCUT2D eigenvalue weighted by atomic mass is 32.1. The van der Waals surface area contributed by atoms with E-state index in [9.17, 15) is 4.79 Å². The molecule has 0 aliphatic rings. The van der Waals surface area contributed by atoms with Crippen molar-refractivity contribution in [2.24, 2.45) is 0 Å². The summed E-state index contributed by atoms with van der Waals surface area (Å²) in [6.45, 7) is 1.92. The number of pyridine rings is 1. The fourth-order valence-electron chi connectivity index (χ4n) is 2.98. The van der Waals surface area contributed by atoms with Gasteiger partial charge in [0.25, 0.3) is 5.91 Å². The third-order valence-corrected chi connectivity index (χ3v) is 5.79. The van der Waals surface area contributed by atoms with Crippen LogP contribution in [-0.2, 0) is 0 Å². The Morgan fingerprint density at radius 3 is 2.86 bits per heavy atom. The molecule has 0 aliphatic carbocycles. The van der Waals surface area contributed by atoms with Crippen molar-refractivity contribution < 1.29 is 4.79 Å². The quantitative estimate of drug-likeness (QED) is 0.462. The lowest BCUT2D eigenvalue weighted by Gasteiger charge is -2.07. The Balaban J connectivity index is 1.63. The Kier molecular flexibility index (Phi) is 4.38. The zero-order valence-corrected chi connectivity index (χ0v) is 16.9. The third kappa shape index (κ3) is 3.41. The predicted octanol–water partition coefficient (Wildman–Crippen LogP) is 4.56. The van der Waals surface area contributed by atoms with Gasteiger partial charge < -0.3 is 0 Å². The largest absolute Gasteiger partial charge is 0.296 e. The van der Waals surface area contributed by atoms with Crippen LogP contribution < -0.4 is 5.32 Å². The molecule has 1 aromatic carbocycles. The minimum Gasteiger partial charge on any atom is -0.296 e. The fourth-order valence-corrected chi connectivity index (χ4v) is 4.22. The van der Waals surface area contributed by atoms with Crippen LogP contribution in [0.15, 0.2) is 59.6 Å². The molecule has 0 radical (unpaired) electrons. The van der Waals surface area contributed by atoms with Crippen LogP contribution >= 0.6 is 22.7 Å². The molecule has 0 bridgehead atoms. The fraction of sp³-hybridized carbons (Fsp3) is 0.0500. The van der Waals surface area contributed by atoms with Crippen molar-refractivity contribution in [2.45, 2.75) is 6.92 Å². The van der Waals surface area contributed by atoms with Crippen molar-refractivity contribution in [1.82, 2.24) is 24.7 Å². The monoisotopic (exact) mass is 418 g/mol. The molecule has 4 aromatic heterocycles. The number of nitrogens with zero attached hydrogens (tertiary/aromatic N) is 5. The number of benzene rings is 1. The first-order chi connectivity index (χ1) is 14.2. The first-order valence-corrected chi connectivity index (χ1v) is 10.5. The SMILES string of the molecule is Cc1cccc(-n2nc(C(=O)Nc3nccs3)cc2-c2ccc3ncsc3c2)n1. The minimum atomic E-state index is -0.313. The summed E-state index contributed by atoms with van der Waals surface area (Å²) in [6, 6.07) is 13.5. The molecular weight excluding hydrogens is 404 g/mol. The standard InChI is InChI=1S/C20H14N6OS2/c1-12-3-2-4-18(23-12)26-16(13-5-6-14-17(9-13)29-11-22-14)10-15(25-26)19(27)24-20-21-7-8-28-20/h2-11H,1H3,(H,21,24,27). The summed E-state index contributed by atoms with van der Waals surface area (Å²) in [4.78, 5) is 25.7. The summed E-state index contributed by atoms with van der Waals surface area (Å²) >= 11 is 2.93. The van der Waals surface area contributed by atoms with E-state index in [-0.39, 0.29) is 5.91 Å². The smallest absolute Gasteiger partial charge is 0.277 e. The Labute approximate surface area is 173 Å². The molecule has 5 rings (SSSR count). The molecule has 5 aromatic rings. The highest BCUT2D eigenvalue weighted by Gasteiger charge is 2.19. The van der Waals surface area contributed by atoms with E-state index in [1.165, 1.54) is 11.3 Å². The number of anilines is 1. The van der Waals surface area contributed by atoms with Gasteiger partial charge in [0.15, 0.2) is 16.6 Å². The highest BCUT2D eigenvalue weighted by molar-refractivity contribution is 7.16. The Bertz CT molecular complexity index is 1320. The van der Waals surface area contributed by atoms with E-state index in [2.05, 4.69) is 31.4 Å². The van der Waals surface area contributed by atoms with Gasteiger partial charge in [0, 0.05) is 22.8 Å². The van der Waals surface area contributed by atoms with Gasteiger partial charge in [0.05, 0.1) is 21.4 Å². The van der Waals surface area contributed by atoms with E-state index in [0.717, 1.165) is 27.2 Å². The van der Waals surface area contributed by atoms with Gasteiger partial charge in [-0.15, -0.1) is 22.7 Å². The maximum atomic E-state index is 12.7. The number of rotatable bonds is 4. The molecule has 0 atom stereocenters. The van der Waals surface area contributed by atoms with Crippen LogP contribution in [0, 0.1) is 6.92 Å². The molecule has 9 heteroatoms. The normalized spacial score (nSPS) is 11.1. The summed E-state index contributed by atoms with van der Waals surface area (Å²) in [5.41, 5.74) is 5.65. The van der Waals surface area contributed by atoms with E-state index >= 15 is 0 Å². The number of aryl methyl sites for hydroxylation is 1. The van der Waals surface area contributed by atoms with Crippen LogP contribution in [0.3, 0.4) is 0 Å². The van der Waals surface area contributed by atoms with Crippen molar-refractivity contribution in [2.75, 3.05) is 5.32 Å². The van der Waals surface area contributed by atoms with Crippen LogP contribution in [0.5, 0.6) is 0 Å². The minimum absolute atomic E-state index is 0.294. The molecule has 0 saturated carbocycles. The van der Waals surface area contributed by atoms with Gasteiger partial charge in [-0.25, -0.2) is 19.6 Å². The zero-order valence-electron chi connectivity index (χ0n) is 15.2. The van der Waals surface area contributed by atoms with E-state index in [4.69, 9.17) is 0 Å². The number of aromatic nitrogens is 5. The van der Waals surface area contributed by atoms with Gasteiger partial charge in [-0.1, -0.05) is 12.1 Å². The van der Waals surface area contributed by atoms with Gasteiger partial charge in [-0.2, -0.15) is 5.10 Å². The summed E-state index contributed by atoms with van der Waals surface area (Å²) in [7, 11) is 0. The van der Waals surface area contributed by atoms with Crippen LogP contribution in [0.1, 0.15) is 16.2 Å². The Morgan fingerprint density at radius 1 is 1.10 bits per heavy atom. The van der Waals surface area contributed by atoms with Gasteiger partial charge in [-0.05, 0) is 37.3 Å². The number of thiazole rings is 2. The molecule has 0 fully saturated rings. The van der Waals surface area contributed by atoms with Crippen LogP contribution in [0.2, 0.25) is 0 Å². The van der Waals surface area contributed by atoms with Gasteiger partial charge >= 0.3 is 0 Å². The van der Waals surface area contributed by atoms with E-state index in [1.54, 1.807) is 33.7 Å². The van der Waals surface area contributed by atoms with Gasteiger partial charge in [0.2, 0.25) is 0 Å². The molecule has 29 heavy (non-hydrogen) atoms. The highest BCUT2D eigenvalue weighted by Crippen LogP contribution is 2.28. The lowest BCUT2D eigenvalue weighted by atomic mass is 10.1. The van der Waals surface area contributed by atoms with E-state index < -0.39 is 0 Å². The predicted molar refractivity (Wildman–Crippen MR) is 115 cm³/mol. The molecule has 1 amide bonds. The van der Waals surface area contributed by atoms with Crippen LogP contribution in [-0.4, -0.2) is 30.6 Å². The average Bonchev–Trinajstić information content (AvgIpc) is 3.47. The summed E-state index contributed by atoms with van der Waals surface area (Å²) in [5.74, 6) is 0.337. The third-order valence-electron chi connectivity index (χ3n) is 4.31.